The van der Waals surface area contributed by atoms with Gasteiger partial charge >= 0.3 is 0 Å². The van der Waals surface area contributed by atoms with Crippen LogP contribution in [0.1, 0.15) is 40.5 Å². The van der Waals surface area contributed by atoms with Crippen molar-refractivity contribution in [2.45, 2.75) is 59.3 Å². The number of halogens is 1. The summed E-state index contributed by atoms with van der Waals surface area (Å²) in [7, 11) is 0. The molecule has 1 saturated heterocycles. The van der Waals surface area contributed by atoms with E-state index in [2.05, 4.69) is 10.4 Å². The van der Waals surface area contributed by atoms with Crippen molar-refractivity contribution in [2.75, 3.05) is 25.0 Å². The molecule has 1 fully saturated rings. The van der Waals surface area contributed by atoms with Crippen LogP contribution in [0, 0.1) is 5.41 Å². The number of aromatic nitrogens is 2. The molecule has 1 aliphatic heterocycles. The minimum absolute atomic E-state index is 0. The molecule has 2 atom stereocenters. The van der Waals surface area contributed by atoms with E-state index in [0.29, 0.717) is 38.2 Å². The first-order valence-corrected chi connectivity index (χ1v) is 9.30. The fourth-order valence-electron chi connectivity index (χ4n) is 3.35. The molecule has 1 aromatic rings. The number of amides is 2. The zero-order valence-electron chi connectivity index (χ0n) is 16.6. The third kappa shape index (κ3) is 5.67. The average Bonchev–Trinajstić information content (AvgIpc) is 3.03. The summed E-state index contributed by atoms with van der Waals surface area (Å²) in [6.45, 7) is 9.45. The summed E-state index contributed by atoms with van der Waals surface area (Å²) in [5.74, 6) is -0.113. The highest BCUT2D eigenvalue weighted by Crippen LogP contribution is 2.26. The molecule has 0 aliphatic carbocycles. The second-order valence-electron chi connectivity index (χ2n) is 7.13. The molecular formula is C18H32ClN5O3. The van der Waals surface area contributed by atoms with Gasteiger partial charge in [0.1, 0.15) is 6.54 Å². The van der Waals surface area contributed by atoms with Crippen molar-refractivity contribution in [3.8, 4) is 0 Å². The van der Waals surface area contributed by atoms with E-state index < -0.39 is 5.41 Å². The highest BCUT2D eigenvalue weighted by molar-refractivity contribution is 5.95. The predicted molar refractivity (Wildman–Crippen MR) is 107 cm³/mol. The lowest BCUT2D eigenvalue weighted by Gasteiger charge is -2.35. The molecule has 1 aromatic heterocycles. The second kappa shape index (κ2) is 10.1. The molecule has 2 heterocycles. The number of nitrogens with two attached hydrogens (primary N) is 1. The van der Waals surface area contributed by atoms with Gasteiger partial charge in [0, 0.05) is 25.8 Å². The van der Waals surface area contributed by atoms with Gasteiger partial charge in [-0.15, -0.1) is 12.4 Å². The first-order valence-electron chi connectivity index (χ1n) is 9.30. The summed E-state index contributed by atoms with van der Waals surface area (Å²) in [5.41, 5.74) is 5.82. The van der Waals surface area contributed by atoms with Crippen LogP contribution in [0.5, 0.6) is 0 Å². The Morgan fingerprint density at radius 1 is 1.30 bits per heavy atom. The molecular weight excluding hydrogens is 370 g/mol. The molecule has 2 unspecified atom stereocenters. The van der Waals surface area contributed by atoms with Crippen molar-refractivity contribution in [3.63, 3.8) is 0 Å². The van der Waals surface area contributed by atoms with Crippen molar-refractivity contribution >= 4 is 29.9 Å². The number of anilines is 1. The number of hydrogen-bond donors (Lipinski definition) is 2. The molecule has 27 heavy (non-hydrogen) atoms. The number of ether oxygens (including phenoxy) is 1. The molecule has 9 heteroatoms. The molecule has 0 radical (unpaired) electrons. The van der Waals surface area contributed by atoms with E-state index in [9.17, 15) is 9.59 Å². The van der Waals surface area contributed by atoms with Crippen LogP contribution in [0.15, 0.2) is 12.4 Å². The van der Waals surface area contributed by atoms with Crippen LogP contribution >= 0.6 is 12.4 Å². The maximum Gasteiger partial charge on any atom is 0.244 e. The monoisotopic (exact) mass is 401 g/mol. The second-order valence-corrected chi connectivity index (χ2v) is 7.13. The largest absolute Gasteiger partial charge is 0.372 e. The summed E-state index contributed by atoms with van der Waals surface area (Å²) < 4.78 is 7.20. The fraction of sp³-hybridized carbons (Fsp3) is 0.722. The molecule has 154 valence electrons. The SMILES string of the molecule is CCC(CC)(CN)C(=O)Nc1cnn(CC(=O)N2CC(C)OC(C)C2)c1.Cl. The lowest BCUT2D eigenvalue weighted by molar-refractivity contribution is -0.144. The molecule has 0 bridgehead atoms. The van der Waals surface area contributed by atoms with Gasteiger partial charge in [-0.05, 0) is 26.7 Å². The Morgan fingerprint density at radius 2 is 1.89 bits per heavy atom. The van der Waals surface area contributed by atoms with Crippen LogP contribution < -0.4 is 11.1 Å². The van der Waals surface area contributed by atoms with Crippen LogP contribution in [0.2, 0.25) is 0 Å². The van der Waals surface area contributed by atoms with Gasteiger partial charge in [0.05, 0.1) is 29.5 Å². The number of carbonyl (C=O) groups is 2. The predicted octanol–water partition coefficient (Wildman–Crippen LogP) is 1.64. The smallest absolute Gasteiger partial charge is 0.244 e. The Kier molecular flexibility index (Phi) is 8.71. The zero-order chi connectivity index (χ0) is 19.3. The normalized spacial score (nSPS) is 20.1. The third-order valence-corrected chi connectivity index (χ3v) is 5.19. The number of rotatable bonds is 7. The van der Waals surface area contributed by atoms with Gasteiger partial charge in [0.2, 0.25) is 11.8 Å². The zero-order valence-corrected chi connectivity index (χ0v) is 17.4. The third-order valence-electron chi connectivity index (χ3n) is 5.19. The standard InChI is InChI=1S/C18H31N5O3.ClH/c1-5-18(6-2,12-19)17(25)21-15-7-20-23(10-15)11-16(24)22-8-13(3)26-14(4)9-22;/h7,10,13-14H,5-6,8-9,11-12,19H2,1-4H3,(H,21,25);1H. The van der Waals surface area contributed by atoms with Gasteiger partial charge < -0.3 is 20.7 Å². The number of nitrogens with one attached hydrogen (secondary N) is 1. The van der Waals surface area contributed by atoms with Gasteiger partial charge in [-0.25, -0.2) is 0 Å². The van der Waals surface area contributed by atoms with E-state index in [4.69, 9.17) is 10.5 Å². The van der Waals surface area contributed by atoms with E-state index >= 15 is 0 Å². The first kappa shape index (κ1) is 23.4. The Labute approximate surface area is 167 Å². The van der Waals surface area contributed by atoms with Crippen molar-refractivity contribution < 1.29 is 14.3 Å². The first-order chi connectivity index (χ1) is 12.3. The van der Waals surface area contributed by atoms with Crippen molar-refractivity contribution in [3.05, 3.63) is 12.4 Å². The number of carbonyl (C=O) groups excluding carboxylic acids is 2. The Hall–Kier alpha value is -1.64. The number of morpholine rings is 1. The van der Waals surface area contributed by atoms with Crippen molar-refractivity contribution in [1.82, 2.24) is 14.7 Å². The van der Waals surface area contributed by atoms with Gasteiger partial charge in [-0.2, -0.15) is 5.10 Å². The Morgan fingerprint density at radius 3 is 2.41 bits per heavy atom. The lowest BCUT2D eigenvalue weighted by atomic mass is 9.81. The van der Waals surface area contributed by atoms with Gasteiger partial charge in [-0.3, -0.25) is 14.3 Å². The molecule has 0 spiro atoms. The topological polar surface area (TPSA) is 102 Å². The molecule has 2 amide bonds. The van der Waals surface area contributed by atoms with Crippen molar-refractivity contribution in [2.24, 2.45) is 11.1 Å². The van der Waals surface area contributed by atoms with E-state index in [1.165, 1.54) is 0 Å². The summed E-state index contributed by atoms with van der Waals surface area (Å²) in [6, 6.07) is 0. The molecule has 8 nitrogen and oxygen atoms in total. The molecule has 1 aliphatic rings. The molecule has 2 rings (SSSR count). The molecule has 3 N–H and O–H groups in total. The Balaban J connectivity index is 0.00000364. The molecule has 0 saturated carbocycles. The average molecular weight is 402 g/mol. The van der Waals surface area contributed by atoms with E-state index in [1.807, 2.05) is 27.7 Å². The van der Waals surface area contributed by atoms with Crippen molar-refractivity contribution in [1.29, 1.82) is 0 Å². The van der Waals surface area contributed by atoms with Crippen LogP contribution in [0.25, 0.3) is 0 Å². The lowest BCUT2D eigenvalue weighted by Crippen LogP contribution is -2.49. The Bertz CT molecular complexity index is 614. The summed E-state index contributed by atoms with van der Waals surface area (Å²) in [5, 5.41) is 7.07. The minimum Gasteiger partial charge on any atom is -0.372 e. The molecule has 0 aromatic carbocycles. The minimum atomic E-state index is -0.571. The van der Waals surface area contributed by atoms with E-state index in [1.54, 1.807) is 22.0 Å². The maximum atomic E-state index is 12.6. The van der Waals surface area contributed by atoms with E-state index in [-0.39, 0.29) is 43.0 Å². The maximum absolute atomic E-state index is 12.6. The summed E-state index contributed by atoms with van der Waals surface area (Å²) in [4.78, 5) is 26.9. The number of hydrogen-bond acceptors (Lipinski definition) is 5. The highest BCUT2D eigenvalue weighted by Gasteiger charge is 2.33. The van der Waals surface area contributed by atoms with E-state index in [0.717, 1.165) is 0 Å². The van der Waals surface area contributed by atoms with Gasteiger partial charge in [-0.1, -0.05) is 13.8 Å². The van der Waals surface area contributed by atoms with Gasteiger partial charge in [0.15, 0.2) is 0 Å². The fourth-order valence-corrected chi connectivity index (χ4v) is 3.35. The van der Waals surface area contributed by atoms with Crippen LogP contribution in [0.4, 0.5) is 5.69 Å². The van der Waals surface area contributed by atoms with Crippen LogP contribution in [-0.2, 0) is 20.9 Å². The summed E-state index contributed by atoms with van der Waals surface area (Å²) in [6.07, 6.45) is 4.64. The summed E-state index contributed by atoms with van der Waals surface area (Å²) >= 11 is 0. The van der Waals surface area contributed by atoms with Gasteiger partial charge in [0.25, 0.3) is 0 Å². The van der Waals surface area contributed by atoms with Crippen LogP contribution in [0.3, 0.4) is 0 Å². The quantitative estimate of drug-likeness (QED) is 0.723. The van der Waals surface area contributed by atoms with Crippen LogP contribution in [-0.4, -0.2) is 58.3 Å². The highest BCUT2D eigenvalue weighted by atomic mass is 35.5. The number of nitrogens with zero attached hydrogens (tertiary/aromatic N) is 3.